The van der Waals surface area contributed by atoms with Crippen LogP contribution in [-0.4, -0.2) is 56.8 Å². The maximum absolute atomic E-state index is 13.3. The number of ether oxygens (including phenoxy) is 1. The molecule has 1 unspecified atom stereocenters. The number of fused-ring (bicyclic) bond motifs is 1. The predicted octanol–water partition coefficient (Wildman–Crippen LogP) is 1.85. The first kappa shape index (κ1) is 27.4. The van der Waals surface area contributed by atoms with Gasteiger partial charge in [-0.15, -0.1) is 0 Å². The summed E-state index contributed by atoms with van der Waals surface area (Å²) in [6, 6.07) is 8.69. The Balaban J connectivity index is 1.76. The quantitative estimate of drug-likeness (QED) is 0.414. The van der Waals surface area contributed by atoms with Crippen molar-refractivity contribution in [2.75, 3.05) is 13.2 Å². The van der Waals surface area contributed by atoms with Crippen LogP contribution < -0.4 is 9.94 Å². The number of hydrogen-bond acceptors (Lipinski definition) is 8. The zero-order valence-electron chi connectivity index (χ0n) is 19.5. The molecule has 1 aromatic heterocycles. The first-order chi connectivity index (χ1) is 17.4. The molecule has 0 spiro atoms. The molecule has 1 fully saturated rings. The fraction of sp³-hybridized carbons (Fsp3) is 0.318. The fourth-order valence-corrected chi connectivity index (χ4v) is 7.46. The summed E-state index contributed by atoms with van der Waals surface area (Å²) in [5, 5.41) is 5.62. The normalized spacial score (nSPS) is 17.4. The van der Waals surface area contributed by atoms with Gasteiger partial charge in [0, 0.05) is 11.6 Å². The van der Waals surface area contributed by atoms with Gasteiger partial charge in [0.25, 0.3) is 5.91 Å². The topological polar surface area (TPSA) is 158 Å². The summed E-state index contributed by atoms with van der Waals surface area (Å²) in [4.78, 5) is 29.7. The summed E-state index contributed by atoms with van der Waals surface area (Å²) in [5.74, 6) is -1.29. The van der Waals surface area contributed by atoms with Gasteiger partial charge in [0.2, 0.25) is 20.0 Å². The summed E-state index contributed by atoms with van der Waals surface area (Å²) >= 11 is 6.85. The van der Waals surface area contributed by atoms with E-state index in [1.165, 1.54) is 47.0 Å². The highest BCUT2D eigenvalue weighted by atomic mass is 35.5. The van der Waals surface area contributed by atoms with E-state index >= 15 is 0 Å². The second kappa shape index (κ2) is 10.6. The molecule has 0 saturated carbocycles. The second-order valence-electron chi connectivity index (χ2n) is 8.13. The van der Waals surface area contributed by atoms with E-state index in [4.69, 9.17) is 21.5 Å². The zero-order chi connectivity index (χ0) is 27.0. The predicted molar refractivity (Wildman–Crippen MR) is 137 cm³/mol. The van der Waals surface area contributed by atoms with Crippen molar-refractivity contribution < 1.29 is 31.2 Å². The smallest absolute Gasteiger partial charge is 0.326 e. The van der Waals surface area contributed by atoms with Crippen LogP contribution in [0.5, 0.6) is 0 Å². The Hall–Kier alpha value is -2.62. The van der Waals surface area contributed by atoms with Gasteiger partial charge in [0.15, 0.2) is 4.80 Å². The second-order valence-corrected chi connectivity index (χ2v) is 13.0. The van der Waals surface area contributed by atoms with Crippen molar-refractivity contribution in [3.05, 3.63) is 52.3 Å². The minimum absolute atomic E-state index is 0.00589. The molecule has 0 aliphatic carbocycles. The van der Waals surface area contributed by atoms with Gasteiger partial charge in [-0.1, -0.05) is 22.9 Å². The molecule has 1 aliphatic rings. The molecule has 37 heavy (non-hydrogen) atoms. The van der Waals surface area contributed by atoms with Gasteiger partial charge in [-0.3, -0.25) is 9.59 Å². The Kier molecular flexibility index (Phi) is 7.88. The number of sulfonamides is 2. The number of nitrogens with zero attached hydrogens (tertiary/aromatic N) is 3. The van der Waals surface area contributed by atoms with Crippen molar-refractivity contribution in [3.63, 3.8) is 0 Å². The highest BCUT2D eigenvalue weighted by molar-refractivity contribution is 7.89. The van der Waals surface area contributed by atoms with Crippen LogP contribution in [0.15, 0.2) is 57.2 Å². The van der Waals surface area contributed by atoms with Crippen LogP contribution >= 0.6 is 22.9 Å². The number of halogens is 1. The Labute approximate surface area is 222 Å². The first-order valence-electron chi connectivity index (χ1n) is 11.1. The number of thiazole rings is 1. The summed E-state index contributed by atoms with van der Waals surface area (Å²) < 4.78 is 58.0. The molecule has 198 valence electrons. The van der Waals surface area contributed by atoms with Gasteiger partial charge in [-0.2, -0.15) is 9.30 Å². The number of primary sulfonamides is 1. The number of benzene rings is 2. The van der Waals surface area contributed by atoms with E-state index in [0.29, 0.717) is 21.7 Å². The number of carbonyl (C=O) groups is 2. The number of aromatic nitrogens is 1. The summed E-state index contributed by atoms with van der Waals surface area (Å²) in [7, 11) is -7.98. The van der Waals surface area contributed by atoms with E-state index in [-0.39, 0.29) is 40.7 Å². The van der Waals surface area contributed by atoms with Gasteiger partial charge >= 0.3 is 5.97 Å². The maximum atomic E-state index is 13.3. The molecule has 11 nitrogen and oxygen atoms in total. The van der Waals surface area contributed by atoms with Crippen molar-refractivity contribution in [1.82, 2.24) is 8.87 Å². The molecule has 4 rings (SSSR count). The molecule has 1 atom stereocenters. The first-order valence-corrected chi connectivity index (χ1v) is 15.3. The van der Waals surface area contributed by atoms with Crippen molar-refractivity contribution in [2.45, 2.75) is 42.1 Å². The van der Waals surface area contributed by atoms with E-state index in [2.05, 4.69) is 4.99 Å². The molecule has 0 bridgehead atoms. The van der Waals surface area contributed by atoms with Crippen LogP contribution in [0.1, 0.15) is 19.8 Å². The average molecular weight is 587 g/mol. The molecule has 0 radical (unpaired) electrons. The largest absolute Gasteiger partial charge is 0.465 e. The van der Waals surface area contributed by atoms with E-state index in [1.807, 2.05) is 0 Å². The van der Waals surface area contributed by atoms with Crippen molar-refractivity contribution in [1.29, 1.82) is 0 Å². The van der Waals surface area contributed by atoms with Crippen molar-refractivity contribution in [2.24, 2.45) is 10.1 Å². The van der Waals surface area contributed by atoms with Gasteiger partial charge in [-0.25, -0.2) is 22.0 Å². The number of rotatable bonds is 7. The Morgan fingerprint density at radius 1 is 1.14 bits per heavy atom. The zero-order valence-corrected chi connectivity index (χ0v) is 22.7. The molecule has 2 N–H and O–H groups in total. The number of hydrogen-bond donors (Lipinski definition) is 1. The number of nitrogens with two attached hydrogens (primary N) is 1. The van der Waals surface area contributed by atoms with E-state index in [9.17, 15) is 26.4 Å². The molecule has 1 amide bonds. The van der Waals surface area contributed by atoms with Crippen LogP contribution in [0.4, 0.5) is 0 Å². The molecule has 15 heteroatoms. The standard InChI is InChI=1S/C22H23ClN4O7S3/c1-2-34-20(28)13-26-17-10-9-16(36(24,30)31)12-19(17)35-22(26)25-21(29)18-4-3-11-27(18)37(32,33)15-7-5-14(23)6-8-15/h5-10,12,18H,2-4,11,13H2,1H3,(H2,24,30,31). The molecule has 1 saturated heterocycles. The lowest BCUT2D eigenvalue weighted by Crippen LogP contribution is -2.40. The molecule has 2 aromatic carbocycles. The monoisotopic (exact) mass is 586 g/mol. The number of esters is 1. The van der Waals surface area contributed by atoms with Gasteiger partial charge in [0.1, 0.15) is 12.6 Å². The lowest BCUT2D eigenvalue weighted by Gasteiger charge is -2.21. The molecule has 2 heterocycles. The minimum Gasteiger partial charge on any atom is -0.465 e. The number of carbonyl (C=O) groups excluding carboxylic acids is 2. The Bertz CT molecular complexity index is 1650. The summed E-state index contributed by atoms with van der Waals surface area (Å²) in [5.41, 5.74) is 0.439. The van der Waals surface area contributed by atoms with Crippen LogP contribution in [-0.2, 0) is 40.9 Å². The third kappa shape index (κ3) is 5.78. The number of amides is 1. The van der Waals surface area contributed by atoms with E-state index in [0.717, 1.165) is 15.6 Å². The van der Waals surface area contributed by atoms with Crippen LogP contribution in [0, 0.1) is 0 Å². The van der Waals surface area contributed by atoms with Crippen molar-refractivity contribution in [3.8, 4) is 0 Å². The van der Waals surface area contributed by atoms with Crippen LogP contribution in [0.25, 0.3) is 10.2 Å². The SMILES string of the molecule is CCOC(=O)Cn1c(=NC(=O)C2CCCN2S(=O)(=O)c2ccc(Cl)cc2)sc2cc(S(N)(=O)=O)ccc21. The lowest BCUT2D eigenvalue weighted by molar-refractivity contribution is -0.143. The summed E-state index contributed by atoms with van der Waals surface area (Å²) in [6.07, 6.45) is 0.735. The minimum atomic E-state index is -3.99. The van der Waals surface area contributed by atoms with E-state index < -0.39 is 38.0 Å². The summed E-state index contributed by atoms with van der Waals surface area (Å²) in [6.45, 7) is 1.65. The maximum Gasteiger partial charge on any atom is 0.326 e. The molecular weight excluding hydrogens is 564 g/mol. The fourth-order valence-electron chi connectivity index (χ4n) is 3.99. The average Bonchev–Trinajstić information content (AvgIpc) is 3.45. The molecular formula is C22H23ClN4O7S3. The third-order valence-electron chi connectivity index (χ3n) is 5.69. The Morgan fingerprint density at radius 2 is 1.81 bits per heavy atom. The third-order valence-corrected chi connectivity index (χ3v) is 9.82. The van der Waals surface area contributed by atoms with Crippen LogP contribution in [0.3, 0.4) is 0 Å². The molecule has 3 aromatic rings. The lowest BCUT2D eigenvalue weighted by atomic mass is 10.2. The highest BCUT2D eigenvalue weighted by Gasteiger charge is 2.39. The molecule has 1 aliphatic heterocycles. The van der Waals surface area contributed by atoms with Gasteiger partial charge in [0.05, 0.1) is 26.6 Å². The Morgan fingerprint density at radius 3 is 2.46 bits per heavy atom. The van der Waals surface area contributed by atoms with E-state index in [1.54, 1.807) is 6.92 Å². The van der Waals surface area contributed by atoms with Gasteiger partial charge in [-0.05, 0) is 62.2 Å². The van der Waals surface area contributed by atoms with Crippen molar-refractivity contribution >= 4 is 65.1 Å². The highest BCUT2D eigenvalue weighted by Crippen LogP contribution is 2.28. The van der Waals surface area contributed by atoms with Crippen LogP contribution in [0.2, 0.25) is 5.02 Å². The van der Waals surface area contributed by atoms with Gasteiger partial charge < -0.3 is 9.30 Å².